The number of nitrogens with zero attached hydrogens (tertiary/aromatic N) is 1. The van der Waals surface area contributed by atoms with Crippen LogP contribution in [0.1, 0.15) is 25.8 Å². The zero-order chi connectivity index (χ0) is 25.6. The third-order valence-electron chi connectivity index (χ3n) is 7.29. The van der Waals surface area contributed by atoms with E-state index in [1.165, 1.54) is 14.2 Å². The third kappa shape index (κ3) is 4.32. The Bertz CT molecular complexity index is 1050. The monoisotopic (exact) mass is 501 g/mol. The first kappa shape index (κ1) is 24.9. The van der Waals surface area contributed by atoms with Gasteiger partial charge in [0.05, 0.1) is 32.1 Å². The van der Waals surface area contributed by atoms with Gasteiger partial charge >= 0.3 is 11.9 Å². The van der Waals surface area contributed by atoms with Crippen molar-refractivity contribution in [1.29, 1.82) is 0 Å². The fraction of sp³-hybridized carbons (Fsp3) is 0.577. The summed E-state index contributed by atoms with van der Waals surface area (Å²) >= 11 is 0. The molecule has 1 aromatic rings. The highest BCUT2D eigenvalue weighted by Crippen LogP contribution is 2.50. The van der Waals surface area contributed by atoms with Gasteiger partial charge in [0, 0.05) is 18.7 Å². The van der Waals surface area contributed by atoms with Gasteiger partial charge in [-0.15, -0.1) is 0 Å². The molecule has 194 valence electrons. The molecule has 0 bridgehead atoms. The van der Waals surface area contributed by atoms with E-state index in [1.807, 2.05) is 50.3 Å². The number of benzene rings is 1. The van der Waals surface area contributed by atoms with Crippen molar-refractivity contribution in [3.8, 4) is 0 Å². The normalized spacial score (nSPS) is 34.3. The lowest BCUT2D eigenvalue weighted by Gasteiger charge is -2.56. The number of carbonyl (C=O) groups is 3. The number of piperidine rings is 1. The molecule has 0 radical (unpaired) electrons. The predicted octanol–water partition coefficient (Wildman–Crippen LogP) is 1.57. The van der Waals surface area contributed by atoms with E-state index in [-0.39, 0.29) is 18.9 Å². The quantitative estimate of drug-likeness (QED) is 0.406. The van der Waals surface area contributed by atoms with Crippen LogP contribution in [0.2, 0.25) is 0 Å². The Hall–Kier alpha value is -2.79. The molecule has 4 aliphatic heterocycles. The minimum Gasteiger partial charge on any atom is -0.469 e. The standard InChI is InChI=1S/C26H31NO9/c1-26(2)34-13-18(36-26)17-11-16-22(35-17)20(25(30)32-4)15(21-23(31-3)24(29)27(16)21)10-19(28)33-12-14-8-6-5-7-9-14/h5-9,11,15,17-18,20-23H,10,12-13H2,1-4H3/t15-,17+,18+,20-,21-,22-,23+/m1/s1. The summed E-state index contributed by atoms with van der Waals surface area (Å²) in [5, 5.41) is 0. The number of β-lactam (4-membered cyclic amide) rings is 1. The van der Waals surface area contributed by atoms with E-state index in [9.17, 15) is 14.4 Å². The van der Waals surface area contributed by atoms with Crippen molar-refractivity contribution < 1.29 is 42.8 Å². The number of hydrogen-bond donors (Lipinski definition) is 0. The summed E-state index contributed by atoms with van der Waals surface area (Å²) < 4.78 is 34.1. The van der Waals surface area contributed by atoms with E-state index in [1.54, 1.807) is 4.90 Å². The highest BCUT2D eigenvalue weighted by molar-refractivity contribution is 5.92. The Kier molecular flexibility index (Phi) is 6.63. The van der Waals surface area contributed by atoms with Gasteiger partial charge < -0.3 is 33.3 Å². The zero-order valence-electron chi connectivity index (χ0n) is 20.7. The first-order valence-electron chi connectivity index (χ1n) is 12.1. The van der Waals surface area contributed by atoms with Crippen LogP contribution in [0.25, 0.3) is 0 Å². The average Bonchev–Trinajstić information content (AvgIpc) is 3.45. The van der Waals surface area contributed by atoms with Crippen molar-refractivity contribution >= 4 is 17.8 Å². The van der Waals surface area contributed by atoms with E-state index >= 15 is 0 Å². The molecule has 4 aliphatic rings. The van der Waals surface area contributed by atoms with Gasteiger partial charge in [-0.25, -0.2) is 0 Å². The molecule has 0 unspecified atom stereocenters. The summed E-state index contributed by atoms with van der Waals surface area (Å²) in [5.74, 6) is -3.46. The van der Waals surface area contributed by atoms with Gasteiger partial charge in [0.15, 0.2) is 11.9 Å². The van der Waals surface area contributed by atoms with Crippen molar-refractivity contribution in [2.45, 2.75) is 63.1 Å². The summed E-state index contributed by atoms with van der Waals surface area (Å²) in [7, 11) is 2.74. The number of rotatable bonds is 7. The highest BCUT2D eigenvalue weighted by atomic mass is 16.7. The first-order chi connectivity index (χ1) is 17.2. The molecular formula is C26H31NO9. The van der Waals surface area contributed by atoms with E-state index < -0.39 is 60.0 Å². The second-order valence-corrected chi connectivity index (χ2v) is 9.90. The van der Waals surface area contributed by atoms with E-state index in [0.29, 0.717) is 12.3 Å². The minimum atomic E-state index is -0.835. The lowest BCUT2D eigenvalue weighted by Crippen LogP contribution is -2.73. The third-order valence-corrected chi connectivity index (χ3v) is 7.29. The van der Waals surface area contributed by atoms with Crippen LogP contribution < -0.4 is 0 Å². The lowest BCUT2D eigenvalue weighted by atomic mass is 9.69. The Labute approximate surface area is 209 Å². The molecule has 36 heavy (non-hydrogen) atoms. The molecule has 0 aromatic heterocycles. The van der Waals surface area contributed by atoms with Gasteiger partial charge in [0.1, 0.15) is 24.9 Å². The van der Waals surface area contributed by atoms with Gasteiger partial charge in [-0.2, -0.15) is 0 Å². The van der Waals surface area contributed by atoms with Crippen LogP contribution in [-0.2, 0) is 49.4 Å². The first-order valence-corrected chi connectivity index (χ1v) is 12.1. The van der Waals surface area contributed by atoms with Crippen molar-refractivity contribution in [3.05, 3.63) is 47.7 Å². The molecule has 5 rings (SSSR count). The van der Waals surface area contributed by atoms with Crippen LogP contribution in [0, 0.1) is 11.8 Å². The topological polar surface area (TPSA) is 110 Å². The fourth-order valence-electron chi connectivity index (χ4n) is 5.65. The molecule has 7 atom stereocenters. The molecular weight excluding hydrogens is 470 g/mol. The Morgan fingerprint density at radius 1 is 1.17 bits per heavy atom. The van der Waals surface area contributed by atoms with Crippen molar-refractivity contribution in [2.24, 2.45) is 11.8 Å². The number of methoxy groups -OCH3 is 2. The van der Waals surface area contributed by atoms with Gasteiger partial charge in [0.25, 0.3) is 5.91 Å². The van der Waals surface area contributed by atoms with Gasteiger partial charge in [-0.3, -0.25) is 14.4 Å². The van der Waals surface area contributed by atoms with Crippen LogP contribution in [0.5, 0.6) is 0 Å². The van der Waals surface area contributed by atoms with Crippen molar-refractivity contribution in [3.63, 3.8) is 0 Å². The molecule has 0 N–H and O–H groups in total. The van der Waals surface area contributed by atoms with Crippen LogP contribution in [-0.4, -0.2) is 79.8 Å². The van der Waals surface area contributed by atoms with Crippen molar-refractivity contribution in [2.75, 3.05) is 20.8 Å². The zero-order valence-corrected chi connectivity index (χ0v) is 20.7. The fourth-order valence-corrected chi connectivity index (χ4v) is 5.65. The Morgan fingerprint density at radius 2 is 1.92 bits per heavy atom. The van der Waals surface area contributed by atoms with Gasteiger partial charge in [0.2, 0.25) is 0 Å². The molecule has 1 aromatic carbocycles. The van der Waals surface area contributed by atoms with Crippen LogP contribution in [0.3, 0.4) is 0 Å². The van der Waals surface area contributed by atoms with Crippen molar-refractivity contribution in [1.82, 2.24) is 4.90 Å². The number of ether oxygens (including phenoxy) is 6. The van der Waals surface area contributed by atoms with Crippen LogP contribution in [0.15, 0.2) is 42.1 Å². The maximum Gasteiger partial charge on any atom is 0.312 e. The molecule has 10 nitrogen and oxygen atoms in total. The number of fused-ring (bicyclic) bond motifs is 3. The van der Waals surface area contributed by atoms with E-state index in [0.717, 1.165) is 5.56 Å². The summed E-state index contributed by atoms with van der Waals surface area (Å²) in [5.41, 5.74) is 1.42. The second-order valence-electron chi connectivity index (χ2n) is 9.90. The summed E-state index contributed by atoms with van der Waals surface area (Å²) in [4.78, 5) is 40.6. The van der Waals surface area contributed by atoms with E-state index in [4.69, 9.17) is 28.4 Å². The molecule has 3 fully saturated rings. The summed E-state index contributed by atoms with van der Waals surface area (Å²) in [6, 6.07) is 8.79. The van der Waals surface area contributed by atoms with Crippen LogP contribution in [0.4, 0.5) is 0 Å². The summed E-state index contributed by atoms with van der Waals surface area (Å²) in [6.45, 7) is 4.05. The Balaban J connectivity index is 1.40. The smallest absolute Gasteiger partial charge is 0.312 e. The molecule has 0 saturated carbocycles. The average molecular weight is 502 g/mol. The predicted molar refractivity (Wildman–Crippen MR) is 123 cm³/mol. The van der Waals surface area contributed by atoms with Gasteiger partial charge in [-0.1, -0.05) is 30.3 Å². The Morgan fingerprint density at radius 3 is 2.56 bits per heavy atom. The minimum absolute atomic E-state index is 0.102. The largest absolute Gasteiger partial charge is 0.469 e. The lowest BCUT2D eigenvalue weighted by molar-refractivity contribution is -0.197. The molecule has 1 amide bonds. The van der Waals surface area contributed by atoms with E-state index in [2.05, 4.69) is 0 Å². The number of carbonyl (C=O) groups excluding carboxylic acids is 3. The maximum absolute atomic E-state index is 13.1. The number of esters is 2. The van der Waals surface area contributed by atoms with Crippen LogP contribution >= 0.6 is 0 Å². The molecule has 3 saturated heterocycles. The SMILES string of the molecule is COC(=O)[C@@H]1[C@@H](CC(=O)OCc2ccccc2)[C@@H]2[C@H](OC)C(=O)N2C2=C[C@@H]([C@@H]3COC(C)(C)O3)O[C@H]21. The number of amides is 1. The summed E-state index contributed by atoms with van der Waals surface area (Å²) in [6.07, 6.45) is -0.780. The maximum atomic E-state index is 13.1. The molecule has 0 aliphatic carbocycles. The second kappa shape index (κ2) is 9.59. The molecule has 0 spiro atoms. The molecule has 4 heterocycles. The number of hydrogen-bond acceptors (Lipinski definition) is 9. The van der Waals surface area contributed by atoms with Gasteiger partial charge in [-0.05, 0) is 25.5 Å². The molecule has 10 heteroatoms. The highest BCUT2D eigenvalue weighted by Gasteiger charge is 2.64.